The molecule has 3 aromatic rings. The van der Waals surface area contributed by atoms with Crippen molar-refractivity contribution in [2.24, 2.45) is 5.73 Å². The van der Waals surface area contributed by atoms with Gasteiger partial charge >= 0.3 is 0 Å². The van der Waals surface area contributed by atoms with Crippen LogP contribution in [0, 0.1) is 0 Å². The topological polar surface area (TPSA) is 54.7 Å². The number of para-hydroxylation sites is 1. The van der Waals surface area contributed by atoms with E-state index in [-0.39, 0.29) is 0 Å². The summed E-state index contributed by atoms with van der Waals surface area (Å²) in [6.45, 7) is 0.720. The number of aryl methyl sites for hydroxylation is 1. The third-order valence-corrected chi connectivity index (χ3v) is 4.78. The van der Waals surface area contributed by atoms with Crippen molar-refractivity contribution in [3.8, 4) is 11.3 Å². The molecule has 0 aliphatic rings. The number of nitrogens with zero attached hydrogens (tertiary/aromatic N) is 1. The van der Waals surface area contributed by atoms with Gasteiger partial charge in [-0.2, -0.15) is 0 Å². The SMILES string of the molecule is NCCCCc1c(-c2ccncc2Cl)[nH]c2c(Br)cccc12. The zero-order valence-electron chi connectivity index (χ0n) is 12.1. The summed E-state index contributed by atoms with van der Waals surface area (Å²) in [7, 11) is 0. The number of pyridine rings is 1. The highest BCUT2D eigenvalue weighted by Crippen LogP contribution is 2.37. The van der Waals surface area contributed by atoms with Gasteiger partial charge in [0.1, 0.15) is 0 Å². The molecule has 0 atom stereocenters. The molecular formula is C17H17BrClN3. The third kappa shape index (κ3) is 2.91. The Hall–Kier alpha value is -1.36. The summed E-state index contributed by atoms with van der Waals surface area (Å²) in [5, 5.41) is 1.89. The van der Waals surface area contributed by atoms with Crippen LogP contribution in [0.15, 0.2) is 41.1 Å². The van der Waals surface area contributed by atoms with E-state index in [0.717, 1.165) is 47.1 Å². The first-order valence-electron chi connectivity index (χ1n) is 7.31. The van der Waals surface area contributed by atoms with Crippen molar-refractivity contribution in [2.45, 2.75) is 19.3 Å². The Bertz CT molecular complexity index is 798. The number of benzene rings is 1. The lowest BCUT2D eigenvalue weighted by Crippen LogP contribution is -1.99. The molecule has 0 aliphatic carbocycles. The Morgan fingerprint density at radius 3 is 2.86 bits per heavy atom. The van der Waals surface area contributed by atoms with Crippen molar-refractivity contribution < 1.29 is 0 Å². The van der Waals surface area contributed by atoms with Crippen molar-refractivity contribution in [2.75, 3.05) is 6.54 Å². The first kappa shape index (κ1) is 15.5. The van der Waals surface area contributed by atoms with E-state index in [2.05, 4.69) is 38.0 Å². The minimum absolute atomic E-state index is 0.658. The molecule has 0 fully saturated rings. The van der Waals surface area contributed by atoms with Crippen LogP contribution < -0.4 is 5.73 Å². The molecule has 0 bridgehead atoms. The number of aromatic amines is 1. The molecule has 0 unspecified atom stereocenters. The Morgan fingerprint density at radius 1 is 1.23 bits per heavy atom. The quantitative estimate of drug-likeness (QED) is 0.619. The molecule has 2 aromatic heterocycles. The first-order chi connectivity index (χ1) is 10.7. The molecule has 0 aliphatic heterocycles. The van der Waals surface area contributed by atoms with Gasteiger partial charge in [0, 0.05) is 27.8 Å². The number of unbranched alkanes of at least 4 members (excludes halogenated alkanes) is 1. The number of nitrogens with one attached hydrogen (secondary N) is 1. The van der Waals surface area contributed by atoms with E-state index in [1.54, 1.807) is 12.4 Å². The largest absolute Gasteiger partial charge is 0.353 e. The summed E-state index contributed by atoms with van der Waals surface area (Å²) in [5.41, 5.74) is 10.1. The molecule has 22 heavy (non-hydrogen) atoms. The lowest BCUT2D eigenvalue weighted by atomic mass is 10.0. The smallest absolute Gasteiger partial charge is 0.0682 e. The predicted octanol–water partition coefficient (Wildman–Crippen LogP) is 4.93. The Kier molecular flexibility index (Phi) is 4.81. The molecule has 0 amide bonds. The van der Waals surface area contributed by atoms with Crippen LogP contribution in [0.2, 0.25) is 5.02 Å². The number of hydrogen-bond acceptors (Lipinski definition) is 2. The van der Waals surface area contributed by atoms with Crippen LogP contribution in [-0.2, 0) is 6.42 Å². The van der Waals surface area contributed by atoms with Gasteiger partial charge in [-0.25, -0.2) is 0 Å². The number of halogens is 2. The number of aromatic nitrogens is 2. The van der Waals surface area contributed by atoms with Crippen LogP contribution in [0.3, 0.4) is 0 Å². The van der Waals surface area contributed by atoms with Gasteiger partial charge in [0.15, 0.2) is 0 Å². The van der Waals surface area contributed by atoms with Crippen molar-refractivity contribution in [3.63, 3.8) is 0 Å². The molecule has 3 N–H and O–H groups in total. The van der Waals surface area contributed by atoms with Gasteiger partial charge in [0.2, 0.25) is 0 Å². The number of hydrogen-bond donors (Lipinski definition) is 2. The first-order valence-corrected chi connectivity index (χ1v) is 8.48. The monoisotopic (exact) mass is 377 g/mol. The van der Waals surface area contributed by atoms with Gasteiger partial charge in [-0.3, -0.25) is 4.98 Å². The molecule has 0 spiro atoms. The van der Waals surface area contributed by atoms with E-state index < -0.39 is 0 Å². The van der Waals surface area contributed by atoms with Crippen molar-refractivity contribution >= 4 is 38.4 Å². The van der Waals surface area contributed by atoms with Gasteiger partial charge < -0.3 is 10.7 Å². The standard InChI is InChI=1S/C17H17BrClN3/c18-14-6-3-5-12-11(4-1-2-8-20)16(22-17(12)14)13-7-9-21-10-15(13)19/h3,5-7,9-10,22H,1-2,4,8,20H2. The van der Waals surface area contributed by atoms with Crippen LogP contribution in [0.4, 0.5) is 0 Å². The maximum atomic E-state index is 6.35. The average Bonchev–Trinajstić information content (AvgIpc) is 2.88. The fourth-order valence-corrected chi connectivity index (χ4v) is 3.43. The second kappa shape index (κ2) is 6.82. The Balaban J connectivity index is 2.17. The molecule has 2 heterocycles. The lowest BCUT2D eigenvalue weighted by Gasteiger charge is -2.06. The molecule has 5 heteroatoms. The van der Waals surface area contributed by atoms with E-state index in [4.69, 9.17) is 17.3 Å². The van der Waals surface area contributed by atoms with Crippen molar-refractivity contribution in [3.05, 3.63) is 51.7 Å². The maximum absolute atomic E-state index is 6.35. The predicted molar refractivity (Wildman–Crippen MR) is 96.2 cm³/mol. The average molecular weight is 379 g/mol. The second-order valence-electron chi connectivity index (χ2n) is 5.24. The summed E-state index contributed by atoms with van der Waals surface area (Å²) < 4.78 is 1.06. The second-order valence-corrected chi connectivity index (χ2v) is 6.50. The van der Waals surface area contributed by atoms with Crippen molar-refractivity contribution in [1.29, 1.82) is 0 Å². The minimum Gasteiger partial charge on any atom is -0.353 e. The van der Waals surface area contributed by atoms with Gasteiger partial charge in [-0.05, 0) is 59.4 Å². The maximum Gasteiger partial charge on any atom is 0.0682 e. The van der Waals surface area contributed by atoms with Gasteiger partial charge in [0.05, 0.1) is 16.2 Å². The summed E-state index contributed by atoms with van der Waals surface area (Å²) >= 11 is 9.97. The fourth-order valence-electron chi connectivity index (χ4n) is 2.75. The van der Waals surface area contributed by atoms with E-state index in [1.807, 2.05) is 12.1 Å². The molecule has 114 valence electrons. The zero-order chi connectivity index (χ0) is 15.5. The Labute approximate surface area is 143 Å². The van der Waals surface area contributed by atoms with Crippen molar-refractivity contribution in [1.82, 2.24) is 9.97 Å². The van der Waals surface area contributed by atoms with E-state index in [1.165, 1.54) is 10.9 Å². The van der Waals surface area contributed by atoms with E-state index in [9.17, 15) is 0 Å². The van der Waals surface area contributed by atoms with Crippen LogP contribution in [-0.4, -0.2) is 16.5 Å². The number of H-pyrrole nitrogens is 1. The molecule has 3 nitrogen and oxygen atoms in total. The van der Waals surface area contributed by atoms with Crippen LogP contribution in [0.5, 0.6) is 0 Å². The highest BCUT2D eigenvalue weighted by Gasteiger charge is 2.16. The summed E-state index contributed by atoms with van der Waals surface area (Å²) in [6, 6.07) is 8.20. The summed E-state index contributed by atoms with van der Waals surface area (Å²) in [6.07, 6.45) is 6.50. The highest BCUT2D eigenvalue weighted by atomic mass is 79.9. The molecule has 1 aromatic carbocycles. The molecule has 0 saturated heterocycles. The summed E-state index contributed by atoms with van der Waals surface area (Å²) in [5.74, 6) is 0. The van der Waals surface area contributed by atoms with E-state index in [0.29, 0.717) is 5.02 Å². The lowest BCUT2D eigenvalue weighted by molar-refractivity contribution is 0.748. The van der Waals surface area contributed by atoms with Crippen LogP contribution >= 0.6 is 27.5 Å². The minimum atomic E-state index is 0.658. The normalized spacial score (nSPS) is 11.2. The highest BCUT2D eigenvalue weighted by molar-refractivity contribution is 9.10. The summed E-state index contributed by atoms with van der Waals surface area (Å²) in [4.78, 5) is 7.60. The number of nitrogens with two attached hydrogens (primary N) is 1. The molecule has 0 radical (unpaired) electrons. The zero-order valence-corrected chi connectivity index (χ0v) is 14.4. The third-order valence-electron chi connectivity index (χ3n) is 3.81. The van der Waals surface area contributed by atoms with Crippen LogP contribution in [0.25, 0.3) is 22.2 Å². The van der Waals surface area contributed by atoms with Gasteiger partial charge in [0.25, 0.3) is 0 Å². The van der Waals surface area contributed by atoms with Gasteiger partial charge in [-0.1, -0.05) is 23.7 Å². The molecule has 3 rings (SSSR count). The van der Waals surface area contributed by atoms with Gasteiger partial charge in [-0.15, -0.1) is 0 Å². The number of rotatable bonds is 5. The Morgan fingerprint density at radius 2 is 2.09 bits per heavy atom. The molecule has 0 saturated carbocycles. The van der Waals surface area contributed by atoms with Crippen LogP contribution in [0.1, 0.15) is 18.4 Å². The number of fused-ring (bicyclic) bond motifs is 1. The fraction of sp³-hybridized carbons (Fsp3) is 0.235. The van der Waals surface area contributed by atoms with E-state index >= 15 is 0 Å². The molecular weight excluding hydrogens is 362 g/mol.